The average molecular weight is 345 g/mol. The third kappa shape index (κ3) is 4.28. The Bertz CT molecular complexity index is 693. The Morgan fingerprint density at radius 3 is 3.00 bits per heavy atom. The van der Waals surface area contributed by atoms with E-state index in [2.05, 4.69) is 14.6 Å². The van der Waals surface area contributed by atoms with Gasteiger partial charge in [-0.25, -0.2) is 4.98 Å². The fraction of sp³-hybridized carbons (Fsp3) is 0.611. The van der Waals surface area contributed by atoms with Crippen molar-refractivity contribution in [3.05, 3.63) is 36.2 Å². The van der Waals surface area contributed by atoms with Crippen LogP contribution in [-0.2, 0) is 22.6 Å². The Hall–Kier alpha value is -2.15. The van der Waals surface area contributed by atoms with Crippen molar-refractivity contribution in [2.24, 2.45) is 0 Å². The molecular formula is C18H27N5O2. The molecule has 1 aliphatic heterocycles. The van der Waals surface area contributed by atoms with Crippen molar-refractivity contribution in [2.45, 2.75) is 45.2 Å². The minimum absolute atomic E-state index is 0.203. The molecule has 25 heavy (non-hydrogen) atoms. The second-order valence-corrected chi connectivity index (χ2v) is 6.60. The van der Waals surface area contributed by atoms with E-state index in [1.165, 1.54) is 0 Å². The van der Waals surface area contributed by atoms with Crippen LogP contribution in [0, 0.1) is 6.92 Å². The van der Waals surface area contributed by atoms with Crippen LogP contribution >= 0.6 is 0 Å². The second-order valence-electron chi connectivity index (χ2n) is 6.60. The van der Waals surface area contributed by atoms with Gasteiger partial charge < -0.3 is 14.2 Å². The molecule has 0 aliphatic carbocycles. The topological polar surface area (TPSA) is 65.2 Å². The normalized spacial score (nSPS) is 17.8. The standard InChI is InChI=1S/C18H27N5O2/c1-15-5-7-20-23(15)10-6-17(24)22-9-3-4-16(14-22)18-19-8-11-21(18)12-13-25-2/h5,7-8,11,16H,3-4,6,9-10,12-14H2,1-2H3. The molecule has 3 rings (SSSR count). The van der Waals surface area contributed by atoms with Crippen molar-refractivity contribution >= 4 is 5.91 Å². The van der Waals surface area contributed by atoms with Gasteiger partial charge in [0.25, 0.3) is 0 Å². The van der Waals surface area contributed by atoms with Crippen molar-refractivity contribution in [1.29, 1.82) is 0 Å². The Labute approximate surface area is 148 Å². The molecule has 1 aliphatic rings. The number of carbonyl (C=O) groups excluding carboxylic acids is 1. The number of amides is 1. The summed E-state index contributed by atoms with van der Waals surface area (Å²) in [5, 5.41) is 4.25. The van der Waals surface area contributed by atoms with Crippen LogP contribution in [0.25, 0.3) is 0 Å². The Morgan fingerprint density at radius 2 is 2.24 bits per heavy atom. The molecule has 7 nitrogen and oxygen atoms in total. The fourth-order valence-electron chi connectivity index (χ4n) is 3.47. The summed E-state index contributed by atoms with van der Waals surface area (Å²) in [5.74, 6) is 1.57. The predicted octanol–water partition coefficient (Wildman–Crippen LogP) is 1.83. The summed E-state index contributed by atoms with van der Waals surface area (Å²) in [7, 11) is 1.71. The number of hydrogen-bond acceptors (Lipinski definition) is 4. The van der Waals surface area contributed by atoms with Gasteiger partial charge in [0, 0.05) is 69.9 Å². The largest absolute Gasteiger partial charge is 0.383 e. The minimum Gasteiger partial charge on any atom is -0.383 e. The highest BCUT2D eigenvalue weighted by molar-refractivity contribution is 5.76. The van der Waals surface area contributed by atoms with Gasteiger partial charge in [-0.3, -0.25) is 9.48 Å². The highest BCUT2D eigenvalue weighted by Gasteiger charge is 2.27. The van der Waals surface area contributed by atoms with Gasteiger partial charge in [-0.05, 0) is 25.8 Å². The third-order valence-corrected chi connectivity index (χ3v) is 4.89. The predicted molar refractivity (Wildman–Crippen MR) is 94.2 cm³/mol. The molecule has 1 fully saturated rings. The maximum Gasteiger partial charge on any atom is 0.224 e. The van der Waals surface area contributed by atoms with Crippen LogP contribution in [0.1, 0.15) is 36.7 Å². The molecule has 0 bridgehead atoms. The molecule has 136 valence electrons. The first-order valence-electron chi connectivity index (χ1n) is 8.95. The molecular weight excluding hydrogens is 318 g/mol. The van der Waals surface area contributed by atoms with E-state index in [4.69, 9.17) is 4.74 Å². The van der Waals surface area contributed by atoms with Crippen LogP contribution in [0.4, 0.5) is 0 Å². The molecule has 1 amide bonds. The van der Waals surface area contributed by atoms with Gasteiger partial charge in [0.1, 0.15) is 5.82 Å². The smallest absolute Gasteiger partial charge is 0.224 e. The Kier molecular flexibility index (Phi) is 5.86. The van der Waals surface area contributed by atoms with E-state index in [1.807, 2.05) is 35.0 Å². The minimum atomic E-state index is 0.203. The molecule has 1 unspecified atom stereocenters. The van der Waals surface area contributed by atoms with Crippen molar-refractivity contribution in [1.82, 2.24) is 24.2 Å². The summed E-state index contributed by atoms with van der Waals surface area (Å²) >= 11 is 0. The number of piperidine rings is 1. The average Bonchev–Trinajstić information content (AvgIpc) is 3.26. The lowest BCUT2D eigenvalue weighted by molar-refractivity contribution is -0.132. The Balaban J connectivity index is 1.58. The third-order valence-electron chi connectivity index (χ3n) is 4.89. The van der Waals surface area contributed by atoms with E-state index in [-0.39, 0.29) is 5.91 Å². The zero-order chi connectivity index (χ0) is 17.6. The summed E-state index contributed by atoms with van der Waals surface area (Å²) in [6.45, 7) is 5.71. The number of hydrogen-bond donors (Lipinski definition) is 0. The van der Waals surface area contributed by atoms with E-state index in [9.17, 15) is 4.79 Å². The molecule has 2 aromatic heterocycles. The lowest BCUT2D eigenvalue weighted by Gasteiger charge is -2.33. The van der Waals surface area contributed by atoms with Crippen LogP contribution < -0.4 is 0 Å². The van der Waals surface area contributed by atoms with E-state index in [0.717, 1.165) is 44.0 Å². The van der Waals surface area contributed by atoms with Crippen molar-refractivity contribution in [3.63, 3.8) is 0 Å². The SMILES string of the molecule is COCCn1ccnc1C1CCCN(C(=O)CCn2nccc2C)C1. The number of ether oxygens (including phenoxy) is 1. The van der Waals surface area contributed by atoms with Crippen LogP contribution in [0.3, 0.4) is 0 Å². The molecule has 0 aromatic carbocycles. The summed E-state index contributed by atoms with van der Waals surface area (Å²) in [5.41, 5.74) is 1.09. The molecule has 0 saturated carbocycles. The van der Waals surface area contributed by atoms with Gasteiger partial charge in [-0.15, -0.1) is 0 Å². The lowest BCUT2D eigenvalue weighted by atomic mass is 9.97. The summed E-state index contributed by atoms with van der Waals surface area (Å²) < 4.78 is 9.21. The van der Waals surface area contributed by atoms with Gasteiger partial charge in [-0.1, -0.05) is 0 Å². The molecule has 1 saturated heterocycles. The fourth-order valence-corrected chi connectivity index (χ4v) is 3.47. The molecule has 1 atom stereocenters. The van der Waals surface area contributed by atoms with E-state index in [1.54, 1.807) is 13.3 Å². The van der Waals surface area contributed by atoms with Crippen LogP contribution in [-0.4, -0.2) is 56.9 Å². The van der Waals surface area contributed by atoms with E-state index >= 15 is 0 Å². The number of aryl methyl sites for hydroxylation is 2. The number of methoxy groups -OCH3 is 1. The van der Waals surface area contributed by atoms with Crippen molar-refractivity contribution in [3.8, 4) is 0 Å². The first-order valence-corrected chi connectivity index (χ1v) is 8.95. The molecule has 0 spiro atoms. The van der Waals surface area contributed by atoms with E-state index < -0.39 is 0 Å². The highest BCUT2D eigenvalue weighted by Crippen LogP contribution is 2.26. The zero-order valence-electron chi connectivity index (χ0n) is 15.1. The molecule has 2 aromatic rings. The second kappa shape index (κ2) is 8.29. The monoisotopic (exact) mass is 345 g/mol. The number of rotatable bonds is 7. The Morgan fingerprint density at radius 1 is 1.36 bits per heavy atom. The van der Waals surface area contributed by atoms with Gasteiger partial charge in [-0.2, -0.15) is 5.10 Å². The summed E-state index contributed by atoms with van der Waals surface area (Å²) in [4.78, 5) is 19.1. The first-order chi connectivity index (χ1) is 12.2. The van der Waals surface area contributed by atoms with Gasteiger partial charge in [0.05, 0.1) is 6.61 Å². The van der Waals surface area contributed by atoms with E-state index in [0.29, 0.717) is 25.5 Å². The van der Waals surface area contributed by atoms with Gasteiger partial charge in [0.15, 0.2) is 0 Å². The molecule has 7 heteroatoms. The highest BCUT2D eigenvalue weighted by atomic mass is 16.5. The quantitative estimate of drug-likeness (QED) is 0.768. The molecule has 0 radical (unpaired) electrons. The van der Waals surface area contributed by atoms with Crippen LogP contribution in [0.2, 0.25) is 0 Å². The molecule has 3 heterocycles. The van der Waals surface area contributed by atoms with Crippen molar-refractivity contribution < 1.29 is 9.53 Å². The van der Waals surface area contributed by atoms with Crippen molar-refractivity contribution in [2.75, 3.05) is 26.8 Å². The number of carbonyl (C=O) groups is 1. The maximum atomic E-state index is 12.6. The summed E-state index contributed by atoms with van der Waals surface area (Å²) in [6, 6.07) is 1.96. The van der Waals surface area contributed by atoms with Gasteiger partial charge >= 0.3 is 0 Å². The van der Waals surface area contributed by atoms with Crippen LogP contribution in [0.5, 0.6) is 0 Å². The number of likely N-dealkylation sites (tertiary alicyclic amines) is 1. The number of aromatic nitrogens is 4. The first kappa shape index (κ1) is 17.7. The van der Waals surface area contributed by atoms with Crippen LogP contribution in [0.15, 0.2) is 24.7 Å². The lowest BCUT2D eigenvalue weighted by Crippen LogP contribution is -2.40. The molecule has 0 N–H and O–H groups in total. The van der Waals surface area contributed by atoms with Gasteiger partial charge in [0.2, 0.25) is 5.91 Å². The zero-order valence-corrected chi connectivity index (χ0v) is 15.1. The maximum absolute atomic E-state index is 12.6. The number of nitrogens with zero attached hydrogens (tertiary/aromatic N) is 5. The number of imidazole rings is 1. The summed E-state index contributed by atoms with van der Waals surface area (Å²) in [6.07, 6.45) is 8.20.